The van der Waals surface area contributed by atoms with Crippen molar-refractivity contribution in [2.75, 3.05) is 24.6 Å². The maximum atomic E-state index is 2.44. The average molecular weight is 311 g/mol. The molecule has 16 heavy (non-hydrogen) atoms. The number of halogens is 1. The van der Waals surface area contributed by atoms with Crippen LogP contribution in [0, 0.1) is 0 Å². The van der Waals surface area contributed by atoms with E-state index in [2.05, 4.69) is 27.7 Å². The average Bonchev–Trinajstić information content (AvgIpc) is 2.28. The van der Waals surface area contributed by atoms with Gasteiger partial charge in [0.2, 0.25) is 0 Å². The monoisotopic (exact) mass is 310 g/mol. The molecule has 0 aliphatic rings. The standard InChI is InChI=1S/C14H32P.BrH/c1-5-9-11-13-15(7-3,8-4)14-12-10-6-2;/h5-14H2,1-4H3;1H/q+1;/p-1. The van der Waals surface area contributed by atoms with E-state index in [-0.39, 0.29) is 17.0 Å². The van der Waals surface area contributed by atoms with Crippen LogP contribution in [0.15, 0.2) is 0 Å². The fourth-order valence-electron chi connectivity index (χ4n) is 2.36. The Morgan fingerprint density at radius 1 is 0.625 bits per heavy atom. The molecule has 0 aromatic heterocycles. The summed E-state index contributed by atoms with van der Waals surface area (Å²) >= 11 is 0. The van der Waals surface area contributed by atoms with Crippen LogP contribution >= 0.6 is 7.26 Å². The van der Waals surface area contributed by atoms with Gasteiger partial charge in [-0.3, -0.25) is 0 Å². The minimum Gasteiger partial charge on any atom is -1.00 e. The van der Waals surface area contributed by atoms with Crippen LogP contribution in [-0.2, 0) is 0 Å². The lowest BCUT2D eigenvalue weighted by molar-refractivity contribution is -0.00000357. The molecule has 0 radical (unpaired) electrons. The zero-order valence-electron chi connectivity index (χ0n) is 11.9. The first-order valence-corrected chi connectivity index (χ1v) is 9.62. The molecule has 0 fully saturated rings. The van der Waals surface area contributed by atoms with E-state index in [1.54, 1.807) is 12.3 Å². The van der Waals surface area contributed by atoms with E-state index in [9.17, 15) is 0 Å². The summed E-state index contributed by atoms with van der Waals surface area (Å²) in [6.07, 6.45) is 14.8. The first-order chi connectivity index (χ1) is 7.24. The van der Waals surface area contributed by atoms with Crippen molar-refractivity contribution in [2.45, 2.75) is 66.2 Å². The fraction of sp³-hybridized carbons (Fsp3) is 1.00. The van der Waals surface area contributed by atoms with Gasteiger partial charge in [-0.25, -0.2) is 0 Å². The lowest BCUT2D eigenvalue weighted by Crippen LogP contribution is -3.00. The third-order valence-corrected chi connectivity index (χ3v) is 9.03. The first kappa shape index (κ1) is 19.3. The van der Waals surface area contributed by atoms with Gasteiger partial charge < -0.3 is 17.0 Å². The van der Waals surface area contributed by atoms with Crippen molar-refractivity contribution in [3.05, 3.63) is 0 Å². The first-order valence-electron chi connectivity index (χ1n) is 7.09. The molecule has 0 aliphatic carbocycles. The molecule has 0 nitrogen and oxygen atoms in total. The van der Waals surface area contributed by atoms with Crippen LogP contribution in [0.5, 0.6) is 0 Å². The van der Waals surface area contributed by atoms with Crippen LogP contribution in [0.4, 0.5) is 0 Å². The topological polar surface area (TPSA) is 0 Å². The summed E-state index contributed by atoms with van der Waals surface area (Å²) in [5.74, 6) is 0. The Balaban J connectivity index is 0. The minimum absolute atomic E-state index is 0. The van der Waals surface area contributed by atoms with E-state index in [0.29, 0.717) is 0 Å². The fourth-order valence-corrected chi connectivity index (χ4v) is 6.09. The molecule has 0 spiro atoms. The second-order valence-electron chi connectivity index (χ2n) is 4.84. The van der Waals surface area contributed by atoms with Crippen molar-refractivity contribution >= 4 is 7.26 Å². The molecule has 0 rings (SSSR count). The van der Waals surface area contributed by atoms with Crippen LogP contribution < -0.4 is 17.0 Å². The van der Waals surface area contributed by atoms with E-state index >= 15 is 0 Å². The third-order valence-electron chi connectivity index (χ3n) is 3.81. The second kappa shape index (κ2) is 12.4. The van der Waals surface area contributed by atoms with Crippen LogP contribution in [0.1, 0.15) is 66.2 Å². The molecular formula is C14H32BrP. The SMILES string of the molecule is CCCCC[P+](CC)(CC)CCCCC.[Br-]. The molecule has 0 unspecified atom stereocenters. The Bertz CT molecular complexity index is 121. The Kier molecular flexibility index (Phi) is 14.9. The summed E-state index contributed by atoms with van der Waals surface area (Å²) in [7, 11) is -0.517. The molecule has 0 atom stereocenters. The largest absolute Gasteiger partial charge is 1.00 e. The summed E-state index contributed by atoms with van der Waals surface area (Å²) in [6, 6.07) is 0. The van der Waals surface area contributed by atoms with E-state index in [1.165, 1.54) is 50.8 Å². The molecule has 0 saturated heterocycles. The Hall–Kier alpha value is 0.910. The van der Waals surface area contributed by atoms with E-state index in [0.717, 1.165) is 0 Å². The highest BCUT2D eigenvalue weighted by Crippen LogP contribution is 2.59. The number of hydrogen-bond donors (Lipinski definition) is 0. The van der Waals surface area contributed by atoms with Crippen LogP contribution in [0.25, 0.3) is 0 Å². The normalized spacial score (nSPS) is 11.2. The summed E-state index contributed by atoms with van der Waals surface area (Å²) in [5.41, 5.74) is 0. The smallest absolute Gasteiger partial charge is 0.0594 e. The quantitative estimate of drug-likeness (QED) is 0.429. The maximum absolute atomic E-state index is 2.44. The molecule has 0 N–H and O–H groups in total. The number of rotatable bonds is 10. The van der Waals surface area contributed by atoms with Gasteiger partial charge in [0, 0.05) is 7.26 Å². The van der Waals surface area contributed by atoms with E-state index in [4.69, 9.17) is 0 Å². The van der Waals surface area contributed by atoms with E-state index < -0.39 is 7.26 Å². The van der Waals surface area contributed by atoms with Gasteiger partial charge in [0.05, 0.1) is 24.6 Å². The molecule has 0 aromatic carbocycles. The molecule has 0 aromatic rings. The lowest BCUT2D eigenvalue weighted by Gasteiger charge is -2.25. The van der Waals surface area contributed by atoms with Gasteiger partial charge in [0.15, 0.2) is 0 Å². The maximum Gasteiger partial charge on any atom is 0.0594 e. The molecule has 0 amide bonds. The van der Waals surface area contributed by atoms with Crippen LogP contribution in [0.2, 0.25) is 0 Å². The Morgan fingerprint density at radius 3 is 1.25 bits per heavy atom. The minimum atomic E-state index is -0.517. The van der Waals surface area contributed by atoms with Gasteiger partial charge >= 0.3 is 0 Å². The van der Waals surface area contributed by atoms with E-state index in [1.807, 2.05) is 0 Å². The van der Waals surface area contributed by atoms with Gasteiger partial charge in [-0.1, -0.05) is 39.5 Å². The van der Waals surface area contributed by atoms with Crippen molar-refractivity contribution in [1.82, 2.24) is 0 Å². The molecule has 0 saturated carbocycles. The van der Waals surface area contributed by atoms with Crippen LogP contribution in [-0.4, -0.2) is 24.6 Å². The highest BCUT2D eigenvalue weighted by Gasteiger charge is 2.31. The van der Waals surface area contributed by atoms with Crippen molar-refractivity contribution in [3.8, 4) is 0 Å². The molecule has 2 heteroatoms. The lowest BCUT2D eigenvalue weighted by atomic mass is 10.3. The summed E-state index contributed by atoms with van der Waals surface area (Å²) < 4.78 is 0. The zero-order valence-corrected chi connectivity index (χ0v) is 14.4. The molecule has 0 bridgehead atoms. The Morgan fingerprint density at radius 2 is 1.00 bits per heavy atom. The van der Waals surface area contributed by atoms with Gasteiger partial charge in [-0.2, -0.15) is 0 Å². The third kappa shape index (κ3) is 8.07. The number of hydrogen-bond acceptors (Lipinski definition) is 0. The predicted octanol–water partition coefficient (Wildman–Crippen LogP) is 2.43. The van der Waals surface area contributed by atoms with Crippen molar-refractivity contribution < 1.29 is 17.0 Å². The molecule has 0 aliphatic heterocycles. The zero-order chi connectivity index (χ0) is 11.6. The van der Waals surface area contributed by atoms with Crippen molar-refractivity contribution in [2.24, 2.45) is 0 Å². The summed E-state index contributed by atoms with van der Waals surface area (Å²) in [6.45, 7) is 9.51. The highest BCUT2D eigenvalue weighted by atomic mass is 79.9. The predicted molar refractivity (Wildman–Crippen MR) is 76.8 cm³/mol. The van der Waals surface area contributed by atoms with Gasteiger partial charge in [0.1, 0.15) is 0 Å². The molecule has 100 valence electrons. The second-order valence-corrected chi connectivity index (χ2v) is 9.68. The van der Waals surface area contributed by atoms with Crippen molar-refractivity contribution in [1.29, 1.82) is 0 Å². The number of unbranched alkanes of at least 4 members (excludes halogenated alkanes) is 4. The Labute approximate surface area is 115 Å². The van der Waals surface area contributed by atoms with Gasteiger partial charge in [-0.15, -0.1) is 0 Å². The molecular weight excluding hydrogens is 279 g/mol. The van der Waals surface area contributed by atoms with Gasteiger partial charge in [-0.05, 0) is 26.7 Å². The molecule has 0 heterocycles. The van der Waals surface area contributed by atoms with Crippen molar-refractivity contribution in [3.63, 3.8) is 0 Å². The van der Waals surface area contributed by atoms with Crippen LogP contribution in [0.3, 0.4) is 0 Å². The summed E-state index contributed by atoms with van der Waals surface area (Å²) in [5, 5.41) is 0. The summed E-state index contributed by atoms with van der Waals surface area (Å²) in [4.78, 5) is 0. The highest BCUT2D eigenvalue weighted by molar-refractivity contribution is 7.75. The van der Waals surface area contributed by atoms with Gasteiger partial charge in [0.25, 0.3) is 0 Å².